The first kappa shape index (κ1) is 23.3. The molecule has 1 rings (SSSR count). The molecule has 0 heterocycles. The highest BCUT2D eigenvalue weighted by Crippen LogP contribution is 2.34. The molecule has 0 aliphatic heterocycles. The van der Waals surface area contributed by atoms with E-state index in [-0.39, 0.29) is 0 Å². The van der Waals surface area contributed by atoms with Crippen molar-refractivity contribution >= 4 is 15.9 Å². The minimum Gasteiger partial charge on any atom is -0.493 e. The van der Waals surface area contributed by atoms with Crippen LogP contribution in [-0.2, 0) is 6.54 Å². The van der Waals surface area contributed by atoms with Crippen LogP contribution in [0.25, 0.3) is 0 Å². The van der Waals surface area contributed by atoms with Gasteiger partial charge in [-0.25, -0.2) is 0 Å². The molecule has 4 nitrogen and oxygen atoms in total. The number of rotatable bonds is 15. The van der Waals surface area contributed by atoms with Crippen LogP contribution in [0.5, 0.6) is 11.5 Å². The second-order valence-electron chi connectivity index (χ2n) is 6.61. The van der Waals surface area contributed by atoms with Crippen molar-refractivity contribution in [1.29, 1.82) is 0 Å². The molecule has 1 N–H and O–H groups in total. The second-order valence-corrected chi connectivity index (χ2v) is 7.52. The molecule has 0 bridgehead atoms. The summed E-state index contributed by atoms with van der Waals surface area (Å²) in [7, 11) is 1.68. The maximum atomic E-state index is 5.80. The molecular formula is C21H37BrN2O2. The molecule has 0 spiro atoms. The van der Waals surface area contributed by atoms with Gasteiger partial charge in [-0.05, 0) is 64.5 Å². The number of hydrogen-bond donors (Lipinski definition) is 1. The Labute approximate surface area is 168 Å². The monoisotopic (exact) mass is 428 g/mol. The van der Waals surface area contributed by atoms with Crippen molar-refractivity contribution in [1.82, 2.24) is 10.2 Å². The van der Waals surface area contributed by atoms with E-state index in [2.05, 4.69) is 46.1 Å². The first-order valence-electron chi connectivity index (χ1n) is 10.1. The lowest BCUT2D eigenvalue weighted by atomic mass is 10.1. The molecule has 26 heavy (non-hydrogen) atoms. The Morgan fingerprint density at radius 2 is 1.65 bits per heavy atom. The van der Waals surface area contributed by atoms with E-state index in [1.165, 1.54) is 51.7 Å². The molecule has 0 saturated heterocycles. The number of ether oxygens (including phenoxy) is 2. The smallest absolute Gasteiger partial charge is 0.165 e. The fourth-order valence-corrected chi connectivity index (χ4v) is 3.45. The van der Waals surface area contributed by atoms with Crippen molar-refractivity contribution in [3.05, 3.63) is 22.2 Å². The average molecular weight is 429 g/mol. The molecule has 0 unspecified atom stereocenters. The molecule has 0 aliphatic carbocycles. The molecular weight excluding hydrogens is 392 g/mol. The third kappa shape index (κ3) is 8.74. The normalized spacial score (nSPS) is 11.2. The molecule has 0 fully saturated rings. The van der Waals surface area contributed by atoms with Gasteiger partial charge in [0.1, 0.15) is 0 Å². The van der Waals surface area contributed by atoms with Gasteiger partial charge in [0.25, 0.3) is 0 Å². The van der Waals surface area contributed by atoms with Gasteiger partial charge in [-0.3, -0.25) is 0 Å². The van der Waals surface area contributed by atoms with E-state index in [1.807, 2.05) is 13.0 Å². The Morgan fingerprint density at radius 1 is 1.00 bits per heavy atom. The summed E-state index contributed by atoms with van der Waals surface area (Å²) in [6.07, 6.45) is 6.31. The van der Waals surface area contributed by atoms with Gasteiger partial charge < -0.3 is 19.7 Å². The molecule has 0 amide bonds. The number of hydrogen-bond acceptors (Lipinski definition) is 4. The summed E-state index contributed by atoms with van der Waals surface area (Å²) in [6.45, 7) is 12.6. The molecule has 0 aliphatic rings. The van der Waals surface area contributed by atoms with Gasteiger partial charge >= 0.3 is 0 Å². The predicted molar refractivity (Wildman–Crippen MR) is 114 cm³/mol. The number of nitrogens with one attached hydrogen (secondary N) is 1. The summed E-state index contributed by atoms with van der Waals surface area (Å²) in [6, 6.07) is 4.06. The first-order chi connectivity index (χ1) is 12.7. The Balaban J connectivity index is 2.47. The SMILES string of the molecule is CCCCN(CCCC)CCCNCc1cc(Br)cc(OC)c1OCC. The highest BCUT2D eigenvalue weighted by molar-refractivity contribution is 9.10. The van der Waals surface area contributed by atoms with Crippen molar-refractivity contribution in [3.63, 3.8) is 0 Å². The zero-order valence-corrected chi connectivity index (χ0v) is 18.7. The summed E-state index contributed by atoms with van der Waals surface area (Å²) in [5.74, 6) is 1.63. The van der Waals surface area contributed by atoms with E-state index in [1.54, 1.807) is 7.11 Å². The van der Waals surface area contributed by atoms with Gasteiger partial charge in [-0.15, -0.1) is 0 Å². The van der Waals surface area contributed by atoms with Gasteiger partial charge in [0.2, 0.25) is 0 Å². The Morgan fingerprint density at radius 3 is 2.23 bits per heavy atom. The highest BCUT2D eigenvalue weighted by atomic mass is 79.9. The Bertz CT molecular complexity index is 489. The summed E-state index contributed by atoms with van der Waals surface area (Å²) < 4.78 is 12.3. The fourth-order valence-electron chi connectivity index (χ4n) is 2.96. The molecule has 0 radical (unpaired) electrons. The molecule has 5 heteroatoms. The standard InChI is InChI=1S/C21H37BrN2O2/c1-5-8-12-24(13-9-6-2)14-10-11-23-17-18-15-19(22)16-20(25-4)21(18)26-7-3/h15-16,23H,5-14,17H2,1-4H3. The van der Waals surface area contributed by atoms with Gasteiger partial charge in [0, 0.05) is 16.6 Å². The van der Waals surface area contributed by atoms with Crippen LogP contribution < -0.4 is 14.8 Å². The predicted octanol–water partition coefficient (Wildman–Crippen LogP) is 5.24. The van der Waals surface area contributed by atoms with E-state index in [0.29, 0.717) is 6.61 Å². The topological polar surface area (TPSA) is 33.7 Å². The van der Waals surface area contributed by atoms with E-state index >= 15 is 0 Å². The molecule has 0 atom stereocenters. The lowest BCUT2D eigenvalue weighted by Crippen LogP contribution is -2.29. The van der Waals surface area contributed by atoms with Crippen molar-refractivity contribution < 1.29 is 9.47 Å². The summed E-state index contributed by atoms with van der Waals surface area (Å²) in [4.78, 5) is 2.61. The van der Waals surface area contributed by atoms with Crippen molar-refractivity contribution in [2.75, 3.05) is 39.9 Å². The number of benzene rings is 1. The van der Waals surface area contributed by atoms with Crippen LogP contribution in [0.4, 0.5) is 0 Å². The van der Waals surface area contributed by atoms with Crippen LogP contribution in [0, 0.1) is 0 Å². The van der Waals surface area contributed by atoms with Gasteiger partial charge in [-0.2, -0.15) is 0 Å². The van der Waals surface area contributed by atoms with Gasteiger partial charge in [0.05, 0.1) is 13.7 Å². The number of unbranched alkanes of at least 4 members (excludes halogenated alkanes) is 2. The average Bonchev–Trinajstić information content (AvgIpc) is 2.64. The van der Waals surface area contributed by atoms with Crippen LogP contribution in [0.1, 0.15) is 58.4 Å². The molecule has 0 aromatic heterocycles. The number of halogens is 1. The van der Waals surface area contributed by atoms with E-state index in [0.717, 1.165) is 34.6 Å². The Hall–Kier alpha value is -0.780. The third-order valence-corrected chi connectivity index (χ3v) is 4.86. The molecule has 0 saturated carbocycles. The molecule has 1 aromatic carbocycles. The minimum atomic E-state index is 0.634. The summed E-state index contributed by atoms with van der Waals surface area (Å²) >= 11 is 3.56. The number of nitrogens with zero attached hydrogens (tertiary/aromatic N) is 1. The zero-order valence-electron chi connectivity index (χ0n) is 17.1. The summed E-state index contributed by atoms with van der Waals surface area (Å²) in [5, 5.41) is 3.56. The molecule has 1 aromatic rings. The number of methoxy groups -OCH3 is 1. The Kier molecular flexibility index (Phi) is 12.8. The maximum absolute atomic E-state index is 5.80. The highest BCUT2D eigenvalue weighted by Gasteiger charge is 2.12. The third-order valence-electron chi connectivity index (χ3n) is 4.40. The van der Waals surface area contributed by atoms with Crippen LogP contribution in [0.2, 0.25) is 0 Å². The fraction of sp³-hybridized carbons (Fsp3) is 0.714. The quantitative estimate of drug-likeness (QED) is 0.387. The van der Waals surface area contributed by atoms with Crippen molar-refractivity contribution in [2.45, 2.75) is 59.4 Å². The largest absolute Gasteiger partial charge is 0.493 e. The maximum Gasteiger partial charge on any atom is 0.165 e. The van der Waals surface area contributed by atoms with Crippen LogP contribution in [0.3, 0.4) is 0 Å². The van der Waals surface area contributed by atoms with Crippen LogP contribution in [-0.4, -0.2) is 44.8 Å². The summed E-state index contributed by atoms with van der Waals surface area (Å²) in [5.41, 5.74) is 1.13. The van der Waals surface area contributed by atoms with Gasteiger partial charge in [0.15, 0.2) is 11.5 Å². The second kappa shape index (κ2) is 14.3. The lowest BCUT2D eigenvalue weighted by Gasteiger charge is -2.22. The van der Waals surface area contributed by atoms with E-state index in [9.17, 15) is 0 Å². The van der Waals surface area contributed by atoms with Gasteiger partial charge in [-0.1, -0.05) is 42.6 Å². The molecule has 150 valence electrons. The van der Waals surface area contributed by atoms with Crippen LogP contribution >= 0.6 is 15.9 Å². The first-order valence-corrected chi connectivity index (χ1v) is 10.9. The van der Waals surface area contributed by atoms with E-state index < -0.39 is 0 Å². The van der Waals surface area contributed by atoms with Crippen molar-refractivity contribution in [2.24, 2.45) is 0 Å². The lowest BCUT2D eigenvalue weighted by molar-refractivity contribution is 0.260. The van der Waals surface area contributed by atoms with Crippen LogP contribution in [0.15, 0.2) is 16.6 Å². The van der Waals surface area contributed by atoms with Crippen molar-refractivity contribution in [3.8, 4) is 11.5 Å². The minimum absolute atomic E-state index is 0.634. The zero-order chi connectivity index (χ0) is 19.2. The van der Waals surface area contributed by atoms with E-state index in [4.69, 9.17) is 9.47 Å².